The third-order valence-corrected chi connectivity index (χ3v) is 5.66. The van der Waals surface area contributed by atoms with E-state index >= 15 is 0 Å². The first kappa shape index (κ1) is 15.1. The number of hydrogen-bond acceptors (Lipinski definition) is 6. The maximum atomic E-state index is 12.9. The van der Waals surface area contributed by atoms with Gasteiger partial charge in [-0.2, -0.15) is 0 Å². The highest BCUT2D eigenvalue weighted by molar-refractivity contribution is 5.93. The van der Waals surface area contributed by atoms with E-state index in [9.17, 15) is 14.4 Å². The van der Waals surface area contributed by atoms with Crippen LogP contribution in [0.3, 0.4) is 0 Å². The van der Waals surface area contributed by atoms with Crippen LogP contribution >= 0.6 is 0 Å². The van der Waals surface area contributed by atoms with E-state index in [0.29, 0.717) is 0 Å². The van der Waals surface area contributed by atoms with Gasteiger partial charge in [0.1, 0.15) is 18.8 Å². The molecule has 0 aromatic carbocycles. The first-order valence-electron chi connectivity index (χ1n) is 8.73. The lowest BCUT2D eigenvalue weighted by Gasteiger charge is -2.51. The molecule has 0 unspecified atom stereocenters. The molecule has 6 nitrogen and oxygen atoms in total. The molecule has 3 aliphatic heterocycles. The summed E-state index contributed by atoms with van der Waals surface area (Å²) in [5.74, 6) is -0.318. The first-order chi connectivity index (χ1) is 11.1. The maximum Gasteiger partial charge on any atom is 0.309 e. The molecule has 23 heavy (non-hydrogen) atoms. The van der Waals surface area contributed by atoms with Crippen molar-refractivity contribution in [3.63, 3.8) is 0 Å². The third kappa shape index (κ3) is 2.77. The van der Waals surface area contributed by atoms with E-state index < -0.39 is 5.54 Å². The molecular weight excluding hydrogens is 298 g/mol. The Bertz CT molecular complexity index is 501. The molecule has 2 saturated carbocycles. The number of hydrogen-bond donors (Lipinski definition) is 0. The smallest absolute Gasteiger partial charge is 0.309 e. The largest absolute Gasteiger partial charge is 0.463 e. The third-order valence-electron chi connectivity index (χ3n) is 5.66. The molecule has 0 spiro atoms. The van der Waals surface area contributed by atoms with Crippen LogP contribution in [0.15, 0.2) is 0 Å². The highest BCUT2D eigenvalue weighted by atomic mass is 16.6. The quantitative estimate of drug-likeness (QED) is 0.678. The zero-order chi connectivity index (χ0) is 16.0. The van der Waals surface area contributed by atoms with E-state index in [0.717, 1.165) is 51.6 Å². The number of ketones is 1. The fourth-order valence-electron chi connectivity index (χ4n) is 3.73. The predicted octanol–water partition coefficient (Wildman–Crippen LogP) is 0.926. The summed E-state index contributed by atoms with van der Waals surface area (Å²) in [5.41, 5.74) is -0.948. The lowest BCUT2D eigenvalue weighted by atomic mass is 9.74. The molecule has 6 heteroatoms. The zero-order valence-electron chi connectivity index (χ0n) is 13.3. The molecule has 5 rings (SSSR count). The molecule has 5 fully saturated rings. The van der Waals surface area contributed by atoms with E-state index in [1.54, 1.807) is 0 Å². The van der Waals surface area contributed by atoms with E-state index in [4.69, 9.17) is 9.47 Å². The molecule has 5 aliphatic rings. The Balaban J connectivity index is 1.48. The van der Waals surface area contributed by atoms with Gasteiger partial charge in [0.25, 0.3) is 0 Å². The number of Topliss-reactive ketones (excluding diaryl/α,β-unsaturated/α-hetero) is 1. The highest BCUT2D eigenvalue weighted by Crippen LogP contribution is 2.38. The average molecular weight is 321 g/mol. The molecule has 0 amide bonds. The molecule has 0 atom stereocenters. The summed E-state index contributed by atoms with van der Waals surface area (Å²) in [6.45, 7) is 1.65. The Morgan fingerprint density at radius 1 is 0.913 bits per heavy atom. The van der Waals surface area contributed by atoms with Crippen LogP contribution in [0.4, 0.5) is 0 Å². The van der Waals surface area contributed by atoms with E-state index in [2.05, 4.69) is 4.90 Å². The summed E-state index contributed by atoms with van der Waals surface area (Å²) in [6.07, 6.45) is 5.22. The SMILES string of the molecule is O=C(OCC1(COC(=O)C2CC2)C(=O)C2CCN1CC2)C1CC1. The lowest BCUT2D eigenvalue weighted by molar-refractivity contribution is -0.173. The first-order valence-corrected chi connectivity index (χ1v) is 8.73. The number of carbonyl (C=O) groups excluding carboxylic acids is 3. The minimum atomic E-state index is -0.948. The van der Waals surface area contributed by atoms with Crippen molar-refractivity contribution in [2.75, 3.05) is 26.3 Å². The van der Waals surface area contributed by atoms with Gasteiger partial charge in [0.15, 0.2) is 5.78 Å². The van der Waals surface area contributed by atoms with Crippen molar-refractivity contribution in [1.29, 1.82) is 0 Å². The van der Waals surface area contributed by atoms with E-state index in [1.165, 1.54) is 0 Å². The molecular formula is C17H23NO5. The molecule has 0 radical (unpaired) electrons. The van der Waals surface area contributed by atoms with Crippen LogP contribution in [0.1, 0.15) is 38.5 Å². The van der Waals surface area contributed by atoms with Gasteiger partial charge in [-0.1, -0.05) is 0 Å². The van der Waals surface area contributed by atoms with Crippen LogP contribution in [0.2, 0.25) is 0 Å². The standard InChI is InChI=1S/C17H23NO5/c19-14-11-5-7-18(8-6-11)17(14,9-22-15(20)12-1-2-12)10-23-16(21)13-3-4-13/h11-13H,1-10H2. The topological polar surface area (TPSA) is 72.9 Å². The molecule has 126 valence electrons. The number of piperidine rings is 3. The van der Waals surface area contributed by atoms with Gasteiger partial charge in [-0.3, -0.25) is 19.3 Å². The van der Waals surface area contributed by atoms with Crippen LogP contribution in [0.5, 0.6) is 0 Å². The average Bonchev–Trinajstić information content (AvgIpc) is 3.46. The van der Waals surface area contributed by atoms with Crippen molar-refractivity contribution < 1.29 is 23.9 Å². The molecule has 3 heterocycles. The molecule has 0 aromatic heterocycles. The van der Waals surface area contributed by atoms with Crippen LogP contribution < -0.4 is 0 Å². The van der Waals surface area contributed by atoms with Crippen molar-refractivity contribution in [3.05, 3.63) is 0 Å². The van der Waals surface area contributed by atoms with Gasteiger partial charge in [0, 0.05) is 19.0 Å². The zero-order valence-corrected chi connectivity index (χ0v) is 13.3. The summed E-state index contributed by atoms with van der Waals surface area (Å²) in [4.78, 5) is 38.7. The Morgan fingerprint density at radius 3 is 1.78 bits per heavy atom. The van der Waals surface area contributed by atoms with Gasteiger partial charge in [0.05, 0.1) is 11.8 Å². The number of carbonyl (C=O) groups is 3. The Kier molecular flexibility index (Phi) is 3.67. The van der Waals surface area contributed by atoms with E-state index in [1.807, 2.05) is 0 Å². The van der Waals surface area contributed by atoms with Gasteiger partial charge in [-0.05, 0) is 38.5 Å². The minimum Gasteiger partial charge on any atom is -0.463 e. The summed E-state index contributed by atoms with van der Waals surface area (Å²) >= 11 is 0. The Morgan fingerprint density at radius 2 is 1.39 bits per heavy atom. The number of esters is 2. The molecule has 2 aliphatic carbocycles. The molecule has 2 bridgehead atoms. The summed E-state index contributed by atoms with van der Waals surface area (Å²) in [6, 6.07) is 0. The lowest BCUT2D eigenvalue weighted by Crippen LogP contribution is -2.69. The molecule has 3 saturated heterocycles. The number of rotatable bonds is 6. The fourth-order valence-corrected chi connectivity index (χ4v) is 3.73. The molecule has 0 N–H and O–H groups in total. The number of fused-ring (bicyclic) bond motifs is 3. The van der Waals surface area contributed by atoms with Crippen molar-refractivity contribution in [3.8, 4) is 0 Å². The second kappa shape index (κ2) is 5.58. The minimum absolute atomic E-state index is 0.00643. The van der Waals surface area contributed by atoms with Gasteiger partial charge < -0.3 is 9.47 Å². The van der Waals surface area contributed by atoms with Gasteiger partial charge in [-0.15, -0.1) is 0 Å². The number of nitrogens with zero attached hydrogens (tertiary/aromatic N) is 1. The summed E-state index contributed by atoms with van der Waals surface area (Å²) in [5, 5.41) is 0. The second-order valence-electron chi connectivity index (χ2n) is 7.42. The van der Waals surface area contributed by atoms with Gasteiger partial charge >= 0.3 is 11.9 Å². The second-order valence-corrected chi connectivity index (χ2v) is 7.42. The maximum absolute atomic E-state index is 12.9. The van der Waals surface area contributed by atoms with E-state index in [-0.39, 0.29) is 48.7 Å². The number of ether oxygens (including phenoxy) is 2. The molecule has 0 aromatic rings. The predicted molar refractivity (Wildman–Crippen MR) is 79.4 cm³/mol. The van der Waals surface area contributed by atoms with Crippen LogP contribution in [-0.2, 0) is 23.9 Å². The Hall–Kier alpha value is -1.43. The summed E-state index contributed by atoms with van der Waals surface area (Å²) in [7, 11) is 0. The van der Waals surface area contributed by atoms with Crippen LogP contribution in [0, 0.1) is 17.8 Å². The summed E-state index contributed by atoms with van der Waals surface area (Å²) < 4.78 is 10.9. The normalized spacial score (nSPS) is 31.7. The Labute approximate surface area is 135 Å². The monoisotopic (exact) mass is 321 g/mol. The van der Waals surface area contributed by atoms with Crippen LogP contribution in [-0.4, -0.2) is 54.5 Å². The van der Waals surface area contributed by atoms with Crippen molar-refractivity contribution in [2.45, 2.75) is 44.1 Å². The van der Waals surface area contributed by atoms with Gasteiger partial charge in [0.2, 0.25) is 0 Å². The van der Waals surface area contributed by atoms with Crippen molar-refractivity contribution >= 4 is 17.7 Å². The van der Waals surface area contributed by atoms with Gasteiger partial charge in [-0.25, -0.2) is 0 Å². The van der Waals surface area contributed by atoms with Crippen molar-refractivity contribution in [1.82, 2.24) is 4.90 Å². The highest BCUT2D eigenvalue weighted by Gasteiger charge is 2.55. The van der Waals surface area contributed by atoms with Crippen molar-refractivity contribution in [2.24, 2.45) is 17.8 Å². The van der Waals surface area contributed by atoms with Crippen LogP contribution in [0.25, 0.3) is 0 Å². The fraction of sp³-hybridized carbons (Fsp3) is 0.824.